The lowest BCUT2D eigenvalue weighted by Crippen LogP contribution is -2.14. The van der Waals surface area contributed by atoms with Crippen LogP contribution in [0.1, 0.15) is 6.92 Å². The van der Waals surface area contributed by atoms with Gasteiger partial charge in [-0.15, -0.1) is 10.2 Å². The number of aromatic nitrogens is 3. The summed E-state index contributed by atoms with van der Waals surface area (Å²) in [5, 5.41) is 22.4. The van der Waals surface area contributed by atoms with Gasteiger partial charge in [0.25, 0.3) is 0 Å². The number of thioether (sulfide) groups is 1. The second-order valence-electron chi connectivity index (χ2n) is 5.41. The number of benzene rings is 2. The van der Waals surface area contributed by atoms with E-state index in [0.29, 0.717) is 33.8 Å². The van der Waals surface area contributed by atoms with Crippen LogP contribution in [-0.4, -0.2) is 31.5 Å². The summed E-state index contributed by atoms with van der Waals surface area (Å²) in [5.41, 5.74) is 1.30. The summed E-state index contributed by atoms with van der Waals surface area (Å²) in [4.78, 5) is 12.1. The van der Waals surface area contributed by atoms with E-state index in [9.17, 15) is 9.90 Å². The Bertz CT molecular complexity index is 912. The SMILES string of the molecule is CCn1c(SCC(=O)Nc2ccc(Cl)cc2)nnc1-c1ccccc1O. The van der Waals surface area contributed by atoms with E-state index in [1.54, 1.807) is 42.5 Å². The number of nitrogens with zero attached hydrogens (tertiary/aromatic N) is 3. The molecule has 3 rings (SSSR count). The van der Waals surface area contributed by atoms with Gasteiger partial charge in [-0.2, -0.15) is 0 Å². The molecule has 0 aliphatic rings. The van der Waals surface area contributed by atoms with Gasteiger partial charge in [-0.25, -0.2) is 0 Å². The van der Waals surface area contributed by atoms with Crippen LogP contribution in [0, 0.1) is 0 Å². The molecule has 0 aliphatic heterocycles. The maximum Gasteiger partial charge on any atom is 0.234 e. The normalized spacial score (nSPS) is 10.7. The Morgan fingerprint density at radius 3 is 2.62 bits per heavy atom. The van der Waals surface area contributed by atoms with Gasteiger partial charge in [-0.1, -0.05) is 35.5 Å². The van der Waals surface area contributed by atoms with Crippen molar-refractivity contribution in [1.82, 2.24) is 14.8 Å². The highest BCUT2D eigenvalue weighted by Gasteiger charge is 2.16. The second-order valence-corrected chi connectivity index (χ2v) is 6.79. The second kappa shape index (κ2) is 8.25. The van der Waals surface area contributed by atoms with Gasteiger partial charge in [0.15, 0.2) is 11.0 Å². The quantitative estimate of drug-likeness (QED) is 0.622. The topological polar surface area (TPSA) is 80.0 Å². The zero-order chi connectivity index (χ0) is 18.5. The fourth-order valence-corrected chi connectivity index (χ4v) is 3.33. The van der Waals surface area contributed by atoms with Gasteiger partial charge >= 0.3 is 0 Å². The first-order valence-electron chi connectivity index (χ1n) is 7.98. The lowest BCUT2D eigenvalue weighted by Gasteiger charge is -2.08. The summed E-state index contributed by atoms with van der Waals surface area (Å²) in [5.74, 6) is 0.770. The Hall–Kier alpha value is -2.51. The predicted molar refractivity (Wildman–Crippen MR) is 104 cm³/mol. The van der Waals surface area contributed by atoms with E-state index in [1.165, 1.54) is 11.8 Å². The molecule has 1 heterocycles. The van der Waals surface area contributed by atoms with E-state index in [1.807, 2.05) is 17.6 Å². The molecule has 0 saturated carbocycles. The minimum absolute atomic E-state index is 0.145. The van der Waals surface area contributed by atoms with Gasteiger partial charge in [-0.3, -0.25) is 4.79 Å². The number of para-hydroxylation sites is 1. The van der Waals surface area contributed by atoms with Gasteiger partial charge in [-0.05, 0) is 43.3 Å². The van der Waals surface area contributed by atoms with E-state index in [-0.39, 0.29) is 17.4 Å². The largest absolute Gasteiger partial charge is 0.507 e. The van der Waals surface area contributed by atoms with Crippen LogP contribution in [-0.2, 0) is 11.3 Å². The highest BCUT2D eigenvalue weighted by atomic mass is 35.5. The zero-order valence-electron chi connectivity index (χ0n) is 14.0. The van der Waals surface area contributed by atoms with E-state index in [2.05, 4.69) is 15.5 Å². The first-order chi connectivity index (χ1) is 12.6. The highest BCUT2D eigenvalue weighted by Crippen LogP contribution is 2.30. The first-order valence-corrected chi connectivity index (χ1v) is 9.34. The molecule has 26 heavy (non-hydrogen) atoms. The Morgan fingerprint density at radius 1 is 1.19 bits per heavy atom. The molecule has 2 aromatic carbocycles. The molecule has 0 bridgehead atoms. The van der Waals surface area contributed by atoms with Crippen LogP contribution in [0.2, 0.25) is 5.02 Å². The van der Waals surface area contributed by atoms with Gasteiger partial charge in [0.2, 0.25) is 5.91 Å². The Kier molecular flexibility index (Phi) is 5.80. The Labute approximate surface area is 160 Å². The van der Waals surface area contributed by atoms with Crippen molar-refractivity contribution in [3.63, 3.8) is 0 Å². The molecular weight excluding hydrogens is 372 g/mol. The summed E-state index contributed by atoms with van der Waals surface area (Å²) in [7, 11) is 0. The number of nitrogens with one attached hydrogen (secondary N) is 1. The van der Waals surface area contributed by atoms with E-state index in [4.69, 9.17) is 11.6 Å². The Balaban J connectivity index is 1.69. The standard InChI is InChI=1S/C18H17ClN4O2S/c1-2-23-17(14-5-3-4-6-15(14)24)21-22-18(23)26-11-16(25)20-13-9-7-12(19)8-10-13/h3-10,24H,2,11H2,1H3,(H,20,25). The number of carbonyl (C=O) groups is 1. The summed E-state index contributed by atoms with van der Waals surface area (Å²) < 4.78 is 1.87. The molecule has 0 fully saturated rings. The molecule has 0 unspecified atom stereocenters. The number of phenols is 1. The van der Waals surface area contributed by atoms with E-state index in [0.717, 1.165) is 0 Å². The van der Waals surface area contributed by atoms with Crippen LogP contribution in [0.4, 0.5) is 5.69 Å². The van der Waals surface area contributed by atoms with Crippen molar-refractivity contribution in [3.8, 4) is 17.1 Å². The zero-order valence-corrected chi connectivity index (χ0v) is 15.6. The average molecular weight is 389 g/mol. The van der Waals surface area contributed by atoms with Gasteiger partial charge < -0.3 is 15.0 Å². The minimum atomic E-state index is -0.146. The number of carbonyl (C=O) groups excluding carboxylic acids is 1. The molecule has 6 nitrogen and oxygen atoms in total. The fourth-order valence-electron chi connectivity index (χ4n) is 2.40. The van der Waals surface area contributed by atoms with Crippen LogP contribution in [0.5, 0.6) is 5.75 Å². The highest BCUT2D eigenvalue weighted by molar-refractivity contribution is 7.99. The van der Waals surface area contributed by atoms with Crippen molar-refractivity contribution < 1.29 is 9.90 Å². The molecular formula is C18H17ClN4O2S. The number of rotatable bonds is 6. The molecule has 134 valence electrons. The lowest BCUT2D eigenvalue weighted by atomic mass is 10.2. The van der Waals surface area contributed by atoms with Crippen molar-refractivity contribution in [1.29, 1.82) is 0 Å². The first kappa shape index (κ1) is 18.3. The number of phenolic OH excluding ortho intramolecular Hbond substituents is 1. The number of hydrogen-bond acceptors (Lipinski definition) is 5. The number of halogens is 1. The molecule has 0 aliphatic carbocycles. The van der Waals surface area contributed by atoms with Crippen molar-refractivity contribution in [2.45, 2.75) is 18.6 Å². The molecule has 2 N–H and O–H groups in total. The van der Waals surface area contributed by atoms with Crippen molar-refractivity contribution in [2.24, 2.45) is 0 Å². The van der Waals surface area contributed by atoms with Gasteiger partial charge in [0.05, 0.1) is 11.3 Å². The van der Waals surface area contributed by atoms with Crippen LogP contribution in [0.25, 0.3) is 11.4 Å². The minimum Gasteiger partial charge on any atom is -0.507 e. The van der Waals surface area contributed by atoms with Crippen molar-refractivity contribution in [2.75, 3.05) is 11.1 Å². The van der Waals surface area contributed by atoms with Crippen LogP contribution in [0.15, 0.2) is 53.7 Å². The smallest absolute Gasteiger partial charge is 0.234 e. The van der Waals surface area contributed by atoms with Crippen LogP contribution < -0.4 is 5.32 Å². The van der Waals surface area contributed by atoms with E-state index >= 15 is 0 Å². The predicted octanol–water partition coefficient (Wildman–Crippen LogP) is 4.05. The lowest BCUT2D eigenvalue weighted by molar-refractivity contribution is -0.113. The molecule has 8 heteroatoms. The van der Waals surface area contributed by atoms with Gasteiger partial charge in [0, 0.05) is 17.3 Å². The van der Waals surface area contributed by atoms with Crippen LogP contribution >= 0.6 is 23.4 Å². The average Bonchev–Trinajstić information content (AvgIpc) is 3.05. The Morgan fingerprint density at radius 2 is 1.92 bits per heavy atom. The fraction of sp³-hybridized carbons (Fsp3) is 0.167. The third kappa shape index (κ3) is 4.17. The van der Waals surface area contributed by atoms with Crippen molar-refractivity contribution >= 4 is 35.0 Å². The summed E-state index contributed by atoms with van der Waals surface area (Å²) in [6, 6.07) is 13.9. The third-order valence-electron chi connectivity index (χ3n) is 3.64. The number of amides is 1. The van der Waals surface area contributed by atoms with Crippen LogP contribution in [0.3, 0.4) is 0 Å². The molecule has 0 radical (unpaired) electrons. The monoisotopic (exact) mass is 388 g/mol. The summed E-state index contributed by atoms with van der Waals surface area (Å²) in [6.45, 7) is 2.59. The summed E-state index contributed by atoms with van der Waals surface area (Å²) in [6.07, 6.45) is 0. The molecule has 0 saturated heterocycles. The molecule has 1 aromatic heterocycles. The molecule has 1 amide bonds. The number of anilines is 1. The maximum absolute atomic E-state index is 12.1. The molecule has 0 spiro atoms. The summed E-state index contributed by atoms with van der Waals surface area (Å²) >= 11 is 7.13. The van der Waals surface area contributed by atoms with Gasteiger partial charge in [0.1, 0.15) is 5.75 Å². The molecule has 0 atom stereocenters. The number of hydrogen-bond donors (Lipinski definition) is 2. The van der Waals surface area contributed by atoms with Crippen molar-refractivity contribution in [3.05, 3.63) is 53.6 Å². The number of aromatic hydroxyl groups is 1. The third-order valence-corrected chi connectivity index (χ3v) is 4.86. The van der Waals surface area contributed by atoms with E-state index < -0.39 is 0 Å². The molecule has 3 aromatic rings. The maximum atomic E-state index is 12.1.